The number of carbonyl (C=O) groups is 2. The summed E-state index contributed by atoms with van der Waals surface area (Å²) >= 11 is 0. The van der Waals surface area contributed by atoms with Crippen molar-refractivity contribution in [1.82, 2.24) is 25.3 Å². The number of rotatable bonds is 8. The first-order valence-electron chi connectivity index (χ1n) is 11.1. The summed E-state index contributed by atoms with van der Waals surface area (Å²) in [6, 6.07) is 8.10. The summed E-state index contributed by atoms with van der Waals surface area (Å²) in [6.45, 7) is 5.80. The molecule has 0 unspecified atom stereocenters. The van der Waals surface area contributed by atoms with E-state index in [9.17, 15) is 9.59 Å². The Hall–Kier alpha value is -2.61. The summed E-state index contributed by atoms with van der Waals surface area (Å²) in [5.74, 6) is 0.988. The third-order valence-electron chi connectivity index (χ3n) is 5.38. The highest BCUT2D eigenvalue weighted by atomic mass is 16.2. The molecule has 31 heavy (non-hydrogen) atoms. The van der Waals surface area contributed by atoms with Gasteiger partial charge in [-0.15, -0.1) is 0 Å². The first-order chi connectivity index (χ1) is 14.8. The van der Waals surface area contributed by atoms with E-state index >= 15 is 0 Å². The van der Waals surface area contributed by atoms with Crippen LogP contribution in [-0.2, 0) is 11.2 Å². The molecule has 1 saturated heterocycles. The molecule has 0 aliphatic carbocycles. The lowest BCUT2D eigenvalue weighted by Gasteiger charge is -2.33. The van der Waals surface area contributed by atoms with Gasteiger partial charge in [0, 0.05) is 66.0 Å². The fraction of sp³-hybridized carbons (Fsp3) is 0.609. The van der Waals surface area contributed by atoms with Crippen molar-refractivity contribution in [2.24, 2.45) is 4.99 Å². The van der Waals surface area contributed by atoms with E-state index in [1.165, 1.54) is 0 Å². The average molecular weight is 431 g/mol. The molecule has 1 aliphatic heterocycles. The highest BCUT2D eigenvalue weighted by molar-refractivity contribution is 5.94. The molecule has 1 aromatic rings. The molecule has 0 spiro atoms. The van der Waals surface area contributed by atoms with E-state index in [-0.39, 0.29) is 11.8 Å². The van der Waals surface area contributed by atoms with Gasteiger partial charge in [-0.25, -0.2) is 0 Å². The maximum atomic E-state index is 12.2. The van der Waals surface area contributed by atoms with Gasteiger partial charge in [-0.05, 0) is 43.9 Å². The second-order valence-corrected chi connectivity index (χ2v) is 8.39. The Morgan fingerprint density at radius 2 is 1.84 bits per heavy atom. The fourth-order valence-corrected chi connectivity index (χ4v) is 3.50. The predicted octanol–water partition coefficient (Wildman–Crippen LogP) is 1.04. The van der Waals surface area contributed by atoms with Crippen LogP contribution in [-0.4, -0.2) is 99.4 Å². The van der Waals surface area contributed by atoms with Gasteiger partial charge in [-0.3, -0.25) is 19.5 Å². The fourth-order valence-electron chi connectivity index (χ4n) is 3.50. The van der Waals surface area contributed by atoms with E-state index < -0.39 is 0 Å². The first kappa shape index (κ1) is 24.7. The van der Waals surface area contributed by atoms with Crippen molar-refractivity contribution >= 4 is 17.8 Å². The van der Waals surface area contributed by atoms with Crippen LogP contribution in [0.2, 0.25) is 0 Å². The normalized spacial score (nSPS) is 15.5. The molecule has 172 valence electrons. The molecule has 2 N–H and O–H groups in total. The first-order valence-corrected chi connectivity index (χ1v) is 11.1. The molecule has 0 saturated carbocycles. The number of likely N-dealkylation sites (N-methyl/N-ethyl adjacent to an activating group) is 1. The zero-order chi connectivity index (χ0) is 22.8. The van der Waals surface area contributed by atoms with Crippen LogP contribution >= 0.6 is 0 Å². The number of nitrogens with zero attached hydrogens (tertiary/aromatic N) is 4. The van der Waals surface area contributed by atoms with Crippen molar-refractivity contribution in [3.63, 3.8) is 0 Å². The molecule has 8 nitrogen and oxygen atoms in total. The van der Waals surface area contributed by atoms with Crippen molar-refractivity contribution < 1.29 is 9.59 Å². The van der Waals surface area contributed by atoms with Crippen molar-refractivity contribution in [3.8, 4) is 0 Å². The summed E-state index contributed by atoms with van der Waals surface area (Å²) < 4.78 is 0. The summed E-state index contributed by atoms with van der Waals surface area (Å²) in [5, 5.41) is 6.86. The minimum Gasteiger partial charge on any atom is -0.357 e. The quantitative estimate of drug-likeness (QED) is 0.476. The smallest absolute Gasteiger partial charge is 0.253 e. The molecule has 0 aromatic heterocycles. The van der Waals surface area contributed by atoms with Crippen molar-refractivity contribution in [3.05, 3.63) is 35.4 Å². The predicted molar refractivity (Wildman–Crippen MR) is 125 cm³/mol. The summed E-state index contributed by atoms with van der Waals surface area (Å²) in [6.07, 6.45) is 2.75. The lowest BCUT2D eigenvalue weighted by molar-refractivity contribution is -0.130. The van der Waals surface area contributed by atoms with Crippen LogP contribution in [0.15, 0.2) is 29.3 Å². The number of benzene rings is 1. The molecular weight excluding hydrogens is 392 g/mol. The van der Waals surface area contributed by atoms with E-state index in [1.807, 2.05) is 24.3 Å². The number of amides is 2. The SMILES string of the molecule is CCNC(=NCCc1cccc(C(=O)N(C)C)c1)NC1CCN(CC(=O)N(C)C)CC1. The van der Waals surface area contributed by atoms with Crippen molar-refractivity contribution in [2.75, 3.05) is 60.9 Å². The number of hydrogen-bond donors (Lipinski definition) is 2. The number of hydrogen-bond acceptors (Lipinski definition) is 4. The van der Waals surface area contributed by atoms with Gasteiger partial charge in [0.25, 0.3) is 5.91 Å². The molecule has 1 aromatic carbocycles. The van der Waals surface area contributed by atoms with Crippen LogP contribution in [0.1, 0.15) is 35.7 Å². The molecule has 0 radical (unpaired) electrons. The highest BCUT2D eigenvalue weighted by Gasteiger charge is 2.22. The van der Waals surface area contributed by atoms with Crippen LogP contribution in [0.3, 0.4) is 0 Å². The number of guanidine groups is 1. The highest BCUT2D eigenvalue weighted by Crippen LogP contribution is 2.11. The Morgan fingerprint density at radius 3 is 2.45 bits per heavy atom. The van der Waals surface area contributed by atoms with Crippen LogP contribution in [0, 0.1) is 0 Å². The largest absolute Gasteiger partial charge is 0.357 e. The zero-order valence-corrected chi connectivity index (χ0v) is 19.6. The summed E-state index contributed by atoms with van der Waals surface area (Å²) in [7, 11) is 7.12. The summed E-state index contributed by atoms with van der Waals surface area (Å²) in [4.78, 5) is 34.2. The second-order valence-electron chi connectivity index (χ2n) is 8.39. The van der Waals surface area contributed by atoms with Gasteiger partial charge in [0.1, 0.15) is 0 Å². The van der Waals surface area contributed by atoms with E-state index in [0.717, 1.165) is 50.4 Å². The second kappa shape index (κ2) is 12.3. The number of piperidine rings is 1. The van der Waals surface area contributed by atoms with E-state index in [1.54, 1.807) is 38.0 Å². The number of aliphatic imine (C=N–C) groups is 1. The molecule has 1 aliphatic rings. The van der Waals surface area contributed by atoms with Gasteiger partial charge in [0.2, 0.25) is 5.91 Å². The average Bonchev–Trinajstić information content (AvgIpc) is 2.74. The van der Waals surface area contributed by atoms with E-state index in [0.29, 0.717) is 24.7 Å². The Kier molecular flexibility index (Phi) is 9.78. The molecule has 0 atom stereocenters. The third-order valence-corrected chi connectivity index (χ3v) is 5.38. The molecule has 0 bridgehead atoms. The maximum absolute atomic E-state index is 12.2. The van der Waals surface area contributed by atoms with Crippen LogP contribution in [0.25, 0.3) is 0 Å². The standard InChI is InChI=1S/C23H38N6O2/c1-6-24-23(26-20-11-14-29(15-12-20)17-21(30)27(2)3)25-13-10-18-8-7-9-19(16-18)22(31)28(4)5/h7-9,16,20H,6,10-15,17H2,1-5H3,(H2,24,25,26). The Morgan fingerprint density at radius 1 is 1.13 bits per heavy atom. The molecule has 1 fully saturated rings. The van der Waals surface area contributed by atoms with Gasteiger partial charge >= 0.3 is 0 Å². The van der Waals surface area contributed by atoms with Crippen molar-refractivity contribution in [1.29, 1.82) is 0 Å². The number of carbonyl (C=O) groups excluding carboxylic acids is 2. The van der Waals surface area contributed by atoms with Crippen LogP contribution in [0.4, 0.5) is 0 Å². The lowest BCUT2D eigenvalue weighted by atomic mass is 10.1. The van der Waals surface area contributed by atoms with Gasteiger partial charge in [-0.2, -0.15) is 0 Å². The molecule has 2 rings (SSSR count). The molecule has 1 heterocycles. The van der Waals surface area contributed by atoms with Gasteiger partial charge in [-0.1, -0.05) is 12.1 Å². The van der Waals surface area contributed by atoms with Crippen molar-refractivity contribution in [2.45, 2.75) is 32.2 Å². The molecule has 2 amide bonds. The molecular formula is C23H38N6O2. The zero-order valence-electron chi connectivity index (χ0n) is 19.6. The molecule has 8 heteroatoms. The van der Waals surface area contributed by atoms with E-state index in [4.69, 9.17) is 4.99 Å². The van der Waals surface area contributed by atoms with Crippen LogP contribution in [0.5, 0.6) is 0 Å². The Labute approximate surface area is 186 Å². The third kappa shape index (κ3) is 8.20. The van der Waals surface area contributed by atoms with E-state index in [2.05, 4.69) is 22.5 Å². The van der Waals surface area contributed by atoms with Gasteiger partial charge in [0.05, 0.1) is 6.54 Å². The minimum absolute atomic E-state index is 0.0129. The number of nitrogens with one attached hydrogen (secondary N) is 2. The van der Waals surface area contributed by atoms with Gasteiger partial charge in [0.15, 0.2) is 5.96 Å². The topological polar surface area (TPSA) is 80.3 Å². The van der Waals surface area contributed by atoms with Gasteiger partial charge < -0.3 is 20.4 Å². The monoisotopic (exact) mass is 430 g/mol. The minimum atomic E-state index is 0.0129. The lowest BCUT2D eigenvalue weighted by Crippen LogP contribution is -2.50. The maximum Gasteiger partial charge on any atom is 0.253 e. The summed E-state index contributed by atoms with van der Waals surface area (Å²) in [5.41, 5.74) is 1.81. The number of likely N-dealkylation sites (tertiary alicyclic amines) is 1. The van der Waals surface area contributed by atoms with Crippen LogP contribution < -0.4 is 10.6 Å². The Balaban J connectivity index is 1.85. The Bertz CT molecular complexity index is 754.